The Bertz CT molecular complexity index is 5800. The van der Waals surface area contributed by atoms with Crippen molar-refractivity contribution in [3.63, 3.8) is 0 Å². The van der Waals surface area contributed by atoms with Crippen molar-refractivity contribution < 1.29 is 0 Å². The fourth-order valence-corrected chi connectivity index (χ4v) is 16.4. The van der Waals surface area contributed by atoms with E-state index in [0.29, 0.717) is 0 Å². The van der Waals surface area contributed by atoms with E-state index >= 15 is 0 Å². The van der Waals surface area contributed by atoms with Crippen molar-refractivity contribution in [1.82, 2.24) is 9.13 Å². The van der Waals surface area contributed by atoms with Gasteiger partial charge < -0.3 is 18.9 Å². The molecule has 0 radical (unpaired) electrons. The first-order valence-electron chi connectivity index (χ1n) is 35.8. The highest BCUT2D eigenvalue weighted by Crippen LogP contribution is 2.55. The predicted molar refractivity (Wildman–Crippen MR) is 432 cm³/mol. The van der Waals surface area contributed by atoms with E-state index < -0.39 is 0 Å². The number of benzene rings is 14. The van der Waals surface area contributed by atoms with Crippen LogP contribution in [0.2, 0.25) is 0 Å². The van der Waals surface area contributed by atoms with E-state index in [0.717, 1.165) is 95.4 Å². The SMILES string of the molecule is CC(C)(C)c1cc(-c2ccc3c(c2)B2c4ccc(-n5c6ccccc6c6cc7c8ccccc8n(-c8ccccc8)c7cc65)cc4N(c4c(-c5ccccc5)cccc4-c4ccccc4)c4cc(C(C)(C)C)cc(c42)N3c2c(-c3ccccc3)cccc2-c2ccccc2)cc(C(C)(C)C)c1. The summed E-state index contributed by atoms with van der Waals surface area (Å²) in [5, 5.41) is 4.90. The average molecular weight is 1300 g/mol. The second kappa shape index (κ2) is 23.5. The van der Waals surface area contributed by atoms with Crippen molar-refractivity contribution in [2.24, 2.45) is 0 Å². The first-order valence-corrected chi connectivity index (χ1v) is 35.8. The maximum absolute atomic E-state index is 2.71. The minimum atomic E-state index is -0.299. The van der Waals surface area contributed by atoms with Crippen LogP contribution < -0.4 is 26.2 Å². The van der Waals surface area contributed by atoms with E-state index in [9.17, 15) is 0 Å². The Kier molecular flexibility index (Phi) is 14.3. The van der Waals surface area contributed by atoms with Crippen LogP contribution in [0.1, 0.15) is 79.0 Å². The third-order valence-electron chi connectivity index (χ3n) is 21.5. The molecule has 0 aliphatic carbocycles. The van der Waals surface area contributed by atoms with Crippen LogP contribution in [0.15, 0.2) is 315 Å². The zero-order valence-electron chi connectivity index (χ0n) is 58.9. The molecule has 0 spiro atoms. The summed E-state index contributed by atoms with van der Waals surface area (Å²) in [6, 6.07) is 119. The molecule has 0 saturated heterocycles. The van der Waals surface area contributed by atoms with Gasteiger partial charge in [0.25, 0.3) is 6.71 Å². The summed E-state index contributed by atoms with van der Waals surface area (Å²) in [5.41, 5.74) is 32.6. The maximum Gasteiger partial charge on any atom is 0.252 e. The van der Waals surface area contributed by atoms with Gasteiger partial charge in [0, 0.05) is 77.9 Å². The molecule has 0 N–H and O–H groups in total. The topological polar surface area (TPSA) is 16.3 Å². The van der Waals surface area contributed by atoms with Crippen LogP contribution in [0, 0.1) is 0 Å². The number of para-hydroxylation sites is 5. The molecule has 0 saturated carbocycles. The third kappa shape index (κ3) is 10.2. The second-order valence-corrected chi connectivity index (χ2v) is 30.9. The molecule has 2 aliphatic heterocycles. The monoisotopic (exact) mass is 1300 g/mol. The normalized spacial score (nSPS) is 12.9. The summed E-state index contributed by atoms with van der Waals surface area (Å²) < 4.78 is 5.01. The molecule has 4 nitrogen and oxygen atoms in total. The number of hydrogen-bond acceptors (Lipinski definition) is 2. The lowest BCUT2D eigenvalue weighted by molar-refractivity contribution is 0.569. The molecule has 2 aliphatic rings. The van der Waals surface area contributed by atoms with Gasteiger partial charge in [0.2, 0.25) is 0 Å². The van der Waals surface area contributed by atoms with Gasteiger partial charge in [0.1, 0.15) is 0 Å². The maximum atomic E-state index is 2.71. The van der Waals surface area contributed by atoms with Crippen molar-refractivity contribution in [1.29, 1.82) is 0 Å². The van der Waals surface area contributed by atoms with Crippen LogP contribution in [0.3, 0.4) is 0 Å². The predicted octanol–water partition coefficient (Wildman–Crippen LogP) is 24.2. The summed E-state index contributed by atoms with van der Waals surface area (Å²) in [6.07, 6.45) is 0. The van der Waals surface area contributed by atoms with Crippen molar-refractivity contribution in [3.8, 4) is 67.0 Å². The molecule has 18 rings (SSSR count). The lowest BCUT2D eigenvalue weighted by Crippen LogP contribution is -2.61. The van der Waals surface area contributed by atoms with E-state index in [1.165, 1.54) is 82.5 Å². The van der Waals surface area contributed by atoms with Gasteiger partial charge in [-0.05, 0) is 149 Å². The van der Waals surface area contributed by atoms with Crippen LogP contribution in [0.25, 0.3) is 111 Å². The standard InChI is InChI=1S/C96H79BN4/c1-94(2,3)68-53-67(54-69(56-68)95(4,5)6)66-49-52-85-82(55-66)97-81-51-50-72(99-84-48-28-26-42-78(84)80-60-79-77-41-25-27-47-83(77)98(86(79)61-87(80)99)71-39-23-14-24-40-71)59-88(81)101(93-75(64-35-19-12-20-36-64)45-30-46-76(93)65-37-21-13-22-38-65)90-58-70(96(7,8)9)57-89(91(90)97)100(85)92-73(62-31-15-10-16-32-62)43-29-44-74(92)63-33-17-11-18-34-63/h10-61H,1-9H3. The lowest BCUT2D eigenvalue weighted by Gasteiger charge is -2.46. The van der Waals surface area contributed by atoms with Gasteiger partial charge in [-0.25, -0.2) is 0 Å². The van der Waals surface area contributed by atoms with Crippen LogP contribution in [0.4, 0.5) is 34.1 Å². The quantitative estimate of drug-likeness (QED) is 0.134. The van der Waals surface area contributed by atoms with E-state index in [1.54, 1.807) is 0 Å². The number of hydrogen-bond donors (Lipinski definition) is 0. The minimum Gasteiger partial charge on any atom is -0.310 e. The Labute approximate surface area is 593 Å². The molecule has 16 aromatic rings. The van der Waals surface area contributed by atoms with Crippen LogP contribution in [0.5, 0.6) is 0 Å². The first kappa shape index (κ1) is 61.7. The van der Waals surface area contributed by atoms with E-state index in [2.05, 4.69) is 397 Å². The van der Waals surface area contributed by atoms with Crippen molar-refractivity contribution >= 4 is 101 Å². The summed E-state index contributed by atoms with van der Waals surface area (Å²) >= 11 is 0. The van der Waals surface area contributed by atoms with Gasteiger partial charge in [0.05, 0.1) is 33.4 Å². The van der Waals surface area contributed by atoms with Gasteiger partial charge in [-0.15, -0.1) is 0 Å². The van der Waals surface area contributed by atoms with Crippen molar-refractivity contribution in [2.75, 3.05) is 9.80 Å². The van der Waals surface area contributed by atoms with Gasteiger partial charge in [0.15, 0.2) is 0 Å². The first-order chi connectivity index (χ1) is 49.0. The summed E-state index contributed by atoms with van der Waals surface area (Å²) in [5.74, 6) is 0. The highest BCUT2D eigenvalue weighted by atomic mass is 15.2. The molecule has 0 unspecified atom stereocenters. The molecule has 0 amide bonds. The number of anilines is 6. The fourth-order valence-electron chi connectivity index (χ4n) is 16.4. The van der Waals surface area contributed by atoms with E-state index in [1.807, 2.05) is 0 Å². The molecular formula is C96H79BN4. The molecule has 14 aromatic carbocycles. The molecule has 4 heterocycles. The molecule has 486 valence electrons. The molecular weight excluding hydrogens is 1220 g/mol. The van der Waals surface area contributed by atoms with Crippen molar-refractivity contribution in [3.05, 3.63) is 332 Å². The summed E-state index contributed by atoms with van der Waals surface area (Å²) in [4.78, 5) is 5.40. The van der Waals surface area contributed by atoms with Crippen molar-refractivity contribution in [2.45, 2.75) is 78.6 Å². The highest BCUT2D eigenvalue weighted by molar-refractivity contribution is 7.00. The Hall–Kier alpha value is -11.7. The number of nitrogens with zero attached hydrogens (tertiary/aromatic N) is 4. The smallest absolute Gasteiger partial charge is 0.252 e. The zero-order valence-corrected chi connectivity index (χ0v) is 58.9. The zero-order chi connectivity index (χ0) is 68.6. The summed E-state index contributed by atoms with van der Waals surface area (Å²) in [6.45, 7) is 21.0. The van der Waals surface area contributed by atoms with Crippen LogP contribution in [-0.4, -0.2) is 15.8 Å². The Morgan fingerprint density at radius 3 is 1.10 bits per heavy atom. The minimum absolute atomic E-state index is 0.0879. The second-order valence-electron chi connectivity index (χ2n) is 30.9. The fraction of sp³-hybridized carbons (Fsp3) is 0.125. The molecule has 2 aromatic heterocycles. The number of aromatic nitrogens is 2. The number of fused-ring (bicyclic) bond motifs is 10. The molecule has 0 bridgehead atoms. The molecule has 0 fully saturated rings. The average Bonchev–Trinajstić information content (AvgIpc) is 1.11. The van der Waals surface area contributed by atoms with Gasteiger partial charge in [-0.2, -0.15) is 0 Å². The van der Waals surface area contributed by atoms with Gasteiger partial charge in [-0.3, -0.25) is 0 Å². The molecule has 0 atom stereocenters. The molecule has 101 heavy (non-hydrogen) atoms. The van der Waals surface area contributed by atoms with Gasteiger partial charge >= 0.3 is 0 Å². The Morgan fingerprint density at radius 2 is 0.644 bits per heavy atom. The Morgan fingerprint density at radius 1 is 0.238 bits per heavy atom. The largest absolute Gasteiger partial charge is 0.310 e. The Balaban J connectivity index is 1.00. The summed E-state index contributed by atoms with van der Waals surface area (Å²) in [7, 11) is 0. The lowest BCUT2D eigenvalue weighted by atomic mass is 9.33. The third-order valence-corrected chi connectivity index (χ3v) is 21.5. The van der Waals surface area contributed by atoms with Crippen LogP contribution in [-0.2, 0) is 16.2 Å². The number of rotatable bonds is 9. The van der Waals surface area contributed by atoms with E-state index in [-0.39, 0.29) is 23.0 Å². The van der Waals surface area contributed by atoms with E-state index in [4.69, 9.17) is 0 Å². The van der Waals surface area contributed by atoms with Gasteiger partial charge in [-0.1, -0.05) is 311 Å². The highest BCUT2D eigenvalue weighted by Gasteiger charge is 2.46. The molecule has 5 heteroatoms. The van der Waals surface area contributed by atoms with Crippen LogP contribution >= 0.6 is 0 Å².